The molecule has 2 aliphatic heterocycles. The molecule has 45 heavy (non-hydrogen) atoms. The summed E-state index contributed by atoms with van der Waals surface area (Å²) in [4.78, 5) is 42.5. The number of ether oxygens (including phenoxy) is 1. The number of anilines is 2. The smallest absolute Gasteiger partial charge is 0.264 e. The summed E-state index contributed by atoms with van der Waals surface area (Å²) in [6.45, 7) is 3.49. The molecule has 0 saturated carbocycles. The molecule has 0 saturated heterocycles. The number of carbonyl (C=O) groups is 3. The van der Waals surface area contributed by atoms with E-state index < -0.39 is 29.4 Å². The van der Waals surface area contributed by atoms with Crippen LogP contribution < -0.4 is 15.0 Å². The van der Waals surface area contributed by atoms with Gasteiger partial charge in [-0.1, -0.05) is 55.5 Å². The molecule has 10 nitrogen and oxygen atoms in total. The Morgan fingerprint density at radius 3 is 2.56 bits per heavy atom. The van der Waals surface area contributed by atoms with Gasteiger partial charge in [0.1, 0.15) is 11.9 Å². The van der Waals surface area contributed by atoms with Crippen LogP contribution >= 0.6 is 0 Å². The molecule has 0 fully saturated rings. The second-order valence-electron chi connectivity index (χ2n) is 11.7. The standard InChI is InChI=1S/C35H39N3O7/c1-22(8-6-13-32(41)37-20-26-11-5-4-10-25(26)17-28(37)21-39)35(44)30-18-29(45-3)14-15-31(30)38(34(35)43)19-24-9-7-12-27(16-24)36-33(42)23(2)40/h4-12,14-16,18,22-23,28,39-40,44H,13,17,19-21H2,1-3H3,(H,36,42)/b8-6+/t22-,23-,28-,35+/m0/s1. The van der Waals surface area contributed by atoms with Crippen molar-refractivity contribution in [1.29, 1.82) is 0 Å². The molecular weight excluding hydrogens is 574 g/mol. The second-order valence-corrected chi connectivity index (χ2v) is 11.7. The van der Waals surface area contributed by atoms with Gasteiger partial charge in [0.25, 0.3) is 11.8 Å². The molecule has 4 atom stereocenters. The van der Waals surface area contributed by atoms with Crippen LogP contribution in [0.3, 0.4) is 0 Å². The number of methoxy groups -OCH3 is 1. The van der Waals surface area contributed by atoms with E-state index in [0.29, 0.717) is 41.2 Å². The van der Waals surface area contributed by atoms with Crippen molar-refractivity contribution in [3.8, 4) is 5.75 Å². The fourth-order valence-corrected chi connectivity index (χ4v) is 6.06. The Morgan fingerprint density at radius 2 is 1.84 bits per heavy atom. The summed E-state index contributed by atoms with van der Waals surface area (Å²) in [7, 11) is 1.51. The number of nitrogens with zero attached hydrogens (tertiary/aromatic N) is 2. The number of carbonyl (C=O) groups excluding carboxylic acids is 3. The van der Waals surface area contributed by atoms with Crippen LogP contribution in [0.15, 0.2) is 78.9 Å². The molecular formula is C35H39N3O7. The van der Waals surface area contributed by atoms with Gasteiger partial charge in [0, 0.05) is 30.1 Å². The quantitative estimate of drug-likeness (QED) is 0.258. The number of fused-ring (bicyclic) bond motifs is 2. The lowest BCUT2D eigenvalue weighted by atomic mass is 9.82. The lowest BCUT2D eigenvalue weighted by Crippen LogP contribution is -2.46. The maximum atomic E-state index is 14.0. The van der Waals surface area contributed by atoms with Crippen molar-refractivity contribution in [2.75, 3.05) is 23.9 Å². The van der Waals surface area contributed by atoms with Crippen LogP contribution in [-0.4, -0.2) is 63.8 Å². The Hall–Kier alpha value is -4.51. The molecule has 5 rings (SSSR count). The van der Waals surface area contributed by atoms with Gasteiger partial charge in [-0.2, -0.15) is 0 Å². The first-order valence-electron chi connectivity index (χ1n) is 15.0. The van der Waals surface area contributed by atoms with Crippen LogP contribution in [0.1, 0.15) is 42.5 Å². The average molecular weight is 614 g/mol. The molecule has 3 aromatic carbocycles. The largest absolute Gasteiger partial charge is 0.497 e. The van der Waals surface area contributed by atoms with E-state index in [-0.39, 0.29) is 31.5 Å². The number of amides is 3. The van der Waals surface area contributed by atoms with Gasteiger partial charge >= 0.3 is 0 Å². The highest BCUT2D eigenvalue weighted by Crippen LogP contribution is 2.47. The fraction of sp³-hybridized carbons (Fsp3) is 0.343. The van der Waals surface area contributed by atoms with E-state index in [1.54, 1.807) is 66.4 Å². The molecule has 236 valence electrons. The minimum Gasteiger partial charge on any atom is -0.497 e. The van der Waals surface area contributed by atoms with E-state index in [4.69, 9.17) is 4.74 Å². The number of rotatable bonds is 10. The average Bonchev–Trinajstić information content (AvgIpc) is 3.25. The van der Waals surface area contributed by atoms with Crippen LogP contribution in [0.25, 0.3) is 0 Å². The molecule has 0 aliphatic carbocycles. The molecule has 10 heteroatoms. The van der Waals surface area contributed by atoms with Crippen LogP contribution in [-0.2, 0) is 39.5 Å². The van der Waals surface area contributed by atoms with Gasteiger partial charge in [0.05, 0.1) is 32.0 Å². The predicted molar refractivity (Wildman–Crippen MR) is 169 cm³/mol. The van der Waals surface area contributed by atoms with E-state index >= 15 is 0 Å². The highest BCUT2D eigenvalue weighted by Gasteiger charge is 2.52. The number of nitrogens with one attached hydrogen (secondary N) is 1. The van der Waals surface area contributed by atoms with E-state index in [1.165, 1.54) is 18.9 Å². The molecule has 3 amide bonds. The van der Waals surface area contributed by atoms with E-state index in [2.05, 4.69) is 5.32 Å². The zero-order valence-electron chi connectivity index (χ0n) is 25.6. The summed E-state index contributed by atoms with van der Waals surface area (Å²) in [5.74, 6) is -1.45. The molecule has 0 bridgehead atoms. The molecule has 0 unspecified atom stereocenters. The Morgan fingerprint density at radius 1 is 1.09 bits per heavy atom. The van der Waals surface area contributed by atoms with E-state index in [1.807, 2.05) is 24.3 Å². The van der Waals surface area contributed by atoms with Crippen LogP contribution in [0.2, 0.25) is 0 Å². The Kier molecular flexibility index (Phi) is 9.38. The Balaban J connectivity index is 1.35. The Labute approximate surface area is 262 Å². The molecule has 3 aromatic rings. The fourth-order valence-electron chi connectivity index (χ4n) is 6.06. The summed E-state index contributed by atoms with van der Waals surface area (Å²) in [6, 6.07) is 19.6. The summed E-state index contributed by atoms with van der Waals surface area (Å²) < 4.78 is 5.41. The summed E-state index contributed by atoms with van der Waals surface area (Å²) in [5, 5.41) is 34.2. The number of hydrogen-bond acceptors (Lipinski definition) is 7. The molecule has 0 aromatic heterocycles. The van der Waals surface area contributed by atoms with Crippen molar-refractivity contribution in [3.05, 3.63) is 101 Å². The van der Waals surface area contributed by atoms with Gasteiger partial charge in [-0.15, -0.1) is 0 Å². The summed E-state index contributed by atoms with van der Waals surface area (Å²) in [5.41, 5.74) is 2.34. The molecule has 0 spiro atoms. The second kappa shape index (κ2) is 13.2. The number of aliphatic hydroxyl groups is 3. The first-order chi connectivity index (χ1) is 21.6. The van der Waals surface area contributed by atoms with Crippen molar-refractivity contribution < 1.29 is 34.4 Å². The third-order valence-corrected chi connectivity index (χ3v) is 8.65. The summed E-state index contributed by atoms with van der Waals surface area (Å²) >= 11 is 0. The lowest BCUT2D eigenvalue weighted by molar-refractivity contribution is -0.139. The van der Waals surface area contributed by atoms with Crippen molar-refractivity contribution in [3.63, 3.8) is 0 Å². The van der Waals surface area contributed by atoms with Gasteiger partial charge in [0.15, 0.2) is 5.60 Å². The molecule has 0 radical (unpaired) electrons. The van der Waals surface area contributed by atoms with Gasteiger partial charge in [0.2, 0.25) is 5.91 Å². The number of hydrogen-bond donors (Lipinski definition) is 4. The van der Waals surface area contributed by atoms with Crippen LogP contribution in [0.5, 0.6) is 5.75 Å². The van der Waals surface area contributed by atoms with Gasteiger partial charge < -0.3 is 35.2 Å². The zero-order chi connectivity index (χ0) is 32.3. The van der Waals surface area contributed by atoms with Crippen molar-refractivity contribution in [1.82, 2.24) is 4.90 Å². The number of aliphatic hydroxyl groups excluding tert-OH is 2. The molecule has 2 heterocycles. The third-order valence-electron chi connectivity index (χ3n) is 8.65. The minimum absolute atomic E-state index is 0.0485. The van der Waals surface area contributed by atoms with E-state index in [0.717, 1.165) is 11.1 Å². The molecule has 4 N–H and O–H groups in total. The first kappa shape index (κ1) is 31.9. The highest BCUT2D eigenvalue weighted by molar-refractivity contribution is 6.07. The third kappa shape index (κ3) is 6.35. The maximum Gasteiger partial charge on any atom is 0.264 e. The number of benzene rings is 3. The van der Waals surface area contributed by atoms with Gasteiger partial charge in [-0.3, -0.25) is 14.4 Å². The first-order valence-corrected chi connectivity index (χ1v) is 15.0. The normalized spacial score (nSPS) is 20.5. The van der Waals surface area contributed by atoms with Gasteiger partial charge in [-0.05, 0) is 60.4 Å². The van der Waals surface area contributed by atoms with Crippen molar-refractivity contribution in [2.24, 2.45) is 5.92 Å². The van der Waals surface area contributed by atoms with E-state index in [9.17, 15) is 29.7 Å². The highest BCUT2D eigenvalue weighted by atomic mass is 16.5. The topological polar surface area (TPSA) is 140 Å². The zero-order valence-corrected chi connectivity index (χ0v) is 25.6. The van der Waals surface area contributed by atoms with Crippen LogP contribution in [0, 0.1) is 5.92 Å². The van der Waals surface area contributed by atoms with Crippen molar-refractivity contribution >= 4 is 29.1 Å². The van der Waals surface area contributed by atoms with Crippen LogP contribution in [0.4, 0.5) is 11.4 Å². The lowest BCUT2D eigenvalue weighted by Gasteiger charge is -2.36. The van der Waals surface area contributed by atoms with Gasteiger partial charge in [-0.25, -0.2) is 0 Å². The van der Waals surface area contributed by atoms with Crippen molar-refractivity contribution in [2.45, 2.75) is 57.5 Å². The molecule has 2 aliphatic rings. The predicted octanol–water partition coefficient (Wildman–Crippen LogP) is 3.28. The Bertz CT molecular complexity index is 1620. The minimum atomic E-state index is -1.93. The SMILES string of the molecule is COc1ccc2c(c1)[C@](O)([C@@H](C)/C=C/CC(=O)N1Cc3ccccc3C[C@H]1CO)C(=O)N2Cc1cccc(NC(=O)[C@H](C)O)c1. The maximum absolute atomic E-state index is 14.0. The summed E-state index contributed by atoms with van der Waals surface area (Å²) in [6.07, 6.45) is 2.80. The monoisotopic (exact) mass is 613 g/mol.